The van der Waals surface area contributed by atoms with Crippen LogP contribution in [-0.4, -0.2) is 26.8 Å². The van der Waals surface area contributed by atoms with Crippen LogP contribution in [0.4, 0.5) is 11.5 Å². The second kappa shape index (κ2) is 5.16. The summed E-state index contributed by atoms with van der Waals surface area (Å²) in [5, 5.41) is 6.65. The molecule has 0 aliphatic carbocycles. The Balaban J connectivity index is 2.08. The van der Waals surface area contributed by atoms with Crippen LogP contribution in [0.3, 0.4) is 0 Å². The third-order valence-corrected chi connectivity index (χ3v) is 3.02. The minimum Gasteiger partial charge on any atom is -0.329 e. The van der Waals surface area contributed by atoms with E-state index in [4.69, 9.17) is 0 Å². The molecule has 88 valence electrons. The fraction of sp³-hybridized carbons (Fsp3) is 0.583. The van der Waals surface area contributed by atoms with E-state index < -0.39 is 0 Å². The van der Waals surface area contributed by atoms with Gasteiger partial charge in [-0.1, -0.05) is 0 Å². The Morgan fingerprint density at radius 3 is 3.19 bits per heavy atom. The van der Waals surface area contributed by atoms with Gasteiger partial charge in [0.2, 0.25) is 0 Å². The highest BCUT2D eigenvalue weighted by atomic mass is 15.3. The van der Waals surface area contributed by atoms with Gasteiger partial charge in [-0.05, 0) is 39.1 Å². The normalized spacial score (nSPS) is 13.8. The average molecular weight is 221 g/mol. The van der Waals surface area contributed by atoms with Crippen molar-refractivity contribution >= 4 is 11.5 Å². The summed E-state index contributed by atoms with van der Waals surface area (Å²) in [6.07, 6.45) is 3.31. The summed E-state index contributed by atoms with van der Waals surface area (Å²) in [7, 11) is 2.00. The lowest BCUT2D eigenvalue weighted by atomic mass is 10.3. The maximum Gasteiger partial charge on any atom is 0.299 e. The molecular formula is C12H21N4+. The van der Waals surface area contributed by atoms with E-state index in [1.807, 2.05) is 7.05 Å². The summed E-state index contributed by atoms with van der Waals surface area (Å²) in [6.45, 7) is 6.30. The summed E-state index contributed by atoms with van der Waals surface area (Å²) in [6, 6.07) is 4.32. The first-order chi connectivity index (χ1) is 7.86. The Morgan fingerprint density at radius 2 is 2.44 bits per heavy atom. The third-order valence-electron chi connectivity index (χ3n) is 3.02. The van der Waals surface area contributed by atoms with Gasteiger partial charge in [-0.2, -0.15) is 0 Å². The van der Waals surface area contributed by atoms with Gasteiger partial charge < -0.3 is 10.2 Å². The second-order valence-corrected chi connectivity index (χ2v) is 4.08. The molecule has 2 N–H and O–H groups in total. The van der Waals surface area contributed by atoms with Gasteiger partial charge in [0.1, 0.15) is 5.69 Å². The zero-order chi connectivity index (χ0) is 11.4. The van der Waals surface area contributed by atoms with Crippen LogP contribution in [0.15, 0.2) is 18.3 Å². The molecule has 1 aliphatic heterocycles. The molecule has 0 atom stereocenters. The Labute approximate surface area is 97.3 Å². The molecule has 0 unspecified atom stereocenters. The highest BCUT2D eigenvalue weighted by Gasteiger charge is 2.26. The molecule has 4 nitrogen and oxygen atoms in total. The first-order valence-electron chi connectivity index (χ1n) is 6.02. The predicted octanol–water partition coefficient (Wildman–Crippen LogP) is 0.793. The first-order valence-corrected chi connectivity index (χ1v) is 6.02. The molecule has 0 saturated heterocycles. The number of rotatable bonds is 5. The summed E-state index contributed by atoms with van der Waals surface area (Å²) in [5.74, 6) is 1.26. The van der Waals surface area contributed by atoms with E-state index in [1.54, 1.807) is 0 Å². The Hall–Kier alpha value is -1.29. The van der Waals surface area contributed by atoms with Gasteiger partial charge in [0, 0.05) is 6.54 Å². The second-order valence-electron chi connectivity index (χ2n) is 4.08. The van der Waals surface area contributed by atoms with Crippen LogP contribution < -0.4 is 20.1 Å². The molecular weight excluding hydrogens is 200 g/mol. The monoisotopic (exact) mass is 221 g/mol. The van der Waals surface area contributed by atoms with Crippen molar-refractivity contribution < 1.29 is 4.57 Å². The van der Waals surface area contributed by atoms with Crippen LogP contribution in [-0.2, 0) is 6.54 Å². The predicted molar refractivity (Wildman–Crippen MR) is 66.7 cm³/mol. The van der Waals surface area contributed by atoms with Crippen molar-refractivity contribution in [3.05, 3.63) is 18.3 Å². The molecule has 2 heterocycles. The van der Waals surface area contributed by atoms with Crippen molar-refractivity contribution in [3.8, 4) is 0 Å². The maximum absolute atomic E-state index is 3.47. The lowest BCUT2D eigenvalue weighted by molar-refractivity contribution is -0.678. The fourth-order valence-corrected chi connectivity index (χ4v) is 2.15. The molecule has 2 rings (SSSR count). The van der Waals surface area contributed by atoms with Crippen molar-refractivity contribution in [1.82, 2.24) is 5.32 Å². The van der Waals surface area contributed by atoms with Crippen LogP contribution in [0.2, 0.25) is 0 Å². The Kier molecular flexibility index (Phi) is 3.62. The van der Waals surface area contributed by atoms with Crippen LogP contribution in [0.25, 0.3) is 0 Å². The van der Waals surface area contributed by atoms with Gasteiger partial charge in [0.05, 0.1) is 12.7 Å². The number of hydrogen-bond acceptors (Lipinski definition) is 3. The maximum atomic E-state index is 3.47. The van der Waals surface area contributed by atoms with Gasteiger partial charge in [0.15, 0.2) is 6.67 Å². The van der Waals surface area contributed by atoms with Crippen LogP contribution in [0.5, 0.6) is 0 Å². The number of anilines is 2. The average Bonchev–Trinajstić information content (AvgIpc) is 2.73. The summed E-state index contributed by atoms with van der Waals surface area (Å²) >= 11 is 0. The molecule has 0 fully saturated rings. The molecule has 1 aromatic rings. The van der Waals surface area contributed by atoms with Gasteiger partial charge >= 0.3 is 0 Å². The summed E-state index contributed by atoms with van der Waals surface area (Å²) in [4.78, 5) is 2.40. The quantitative estimate of drug-likeness (QED) is 0.569. The van der Waals surface area contributed by atoms with E-state index >= 15 is 0 Å². The van der Waals surface area contributed by atoms with E-state index in [0.29, 0.717) is 0 Å². The van der Waals surface area contributed by atoms with Crippen molar-refractivity contribution in [2.75, 3.05) is 37.0 Å². The molecule has 1 aromatic heterocycles. The number of aryl methyl sites for hydroxylation is 1. The highest BCUT2D eigenvalue weighted by Crippen LogP contribution is 2.27. The minimum atomic E-state index is 0.934. The standard InChI is InChI=1S/C12H20N4/c1-3-15-8-4-6-11-12(15)14-10-16(11)9-5-7-13-2/h4,6,8,13H,3,5,7,9-10H2,1-2H3/p+1. The largest absolute Gasteiger partial charge is 0.329 e. The zero-order valence-electron chi connectivity index (χ0n) is 10.2. The molecule has 1 aliphatic rings. The molecule has 0 aromatic carbocycles. The van der Waals surface area contributed by atoms with E-state index in [-0.39, 0.29) is 0 Å². The highest BCUT2D eigenvalue weighted by molar-refractivity contribution is 5.67. The molecule has 0 saturated carbocycles. The summed E-state index contributed by atoms with van der Waals surface area (Å²) < 4.78 is 2.26. The number of aromatic nitrogens is 1. The number of fused-ring (bicyclic) bond motifs is 1. The summed E-state index contributed by atoms with van der Waals surface area (Å²) in [5.41, 5.74) is 1.33. The fourth-order valence-electron chi connectivity index (χ4n) is 2.15. The van der Waals surface area contributed by atoms with E-state index in [0.717, 1.165) is 26.3 Å². The number of nitrogens with one attached hydrogen (secondary N) is 2. The van der Waals surface area contributed by atoms with Crippen LogP contribution in [0.1, 0.15) is 13.3 Å². The molecule has 0 bridgehead atoms. The van der Waals surface area contributed by atoms with Crippen molar-refractivity contribution in [1.29, 1.82) is 0 Å². The van der Waals surface area contributed by atoms with E-state index in [9.17, 15) is 0 Å². The lowest BCUT2D eigenvalue weighted by Gasteiger charge is -2.14. The van der Waals surface area contributed by atoms with Gasteiger partial charge in [0.25, 0.3) is 5.82 Å². The third kappa shape index (κ3) is 2.11. The molecule has 0 amide bonds. The Morgan fingerprint density at radius 1 is 1.56 bits per heavy atom. The zero-order valence-corrected chi connectivity index (χ0v) is 10.2. The molecule has 0 spiro atoms. The minimum absolute atomic E-state index is 0.934. The van der Waals surface area contributed by atoms with Gasteiger partial charge in [-0.15, -0.1) is 0 Å². The van der Waals surface area contributed by atoms with Crippen molar-refractivity contribution in [2.45, 2.75) is 19.9 Å². The lowest BCUT2D eigenvalue weighted by Crippen LogP contribution is -2.34. The first kappa shape index (κ1) is 11.2. The molecule has 4 heteroatoms. The van der Waals surface area contributed by atoms with Gasteiger partial charge in [-0.25, -0.2) is 4.57 Å². The van der Waals surface area contributed by atoms with E-state index in [1.165, 1.54) is 17.9 Å². The van der Waals surface area contributed by atoms with Crippen LogP contribution >= 0.6 is 0 Å². The SMILES string of the molecule is CC[n+]1cccc2c1NCN2CCCNC. The topological polar surface area (TPSA) is 31.2 Å². The van der Waals surface area contributed by atoms with E-state index in [2.05, 4.69) is 45.4 Å². The molecule has 0 radical (unpaired) electrons. The van der Waals surface area contributed by atoms with Crippen molar-refractivity contribution in [3.63, 3.8) is 0 Å². The van der Waals surface area contributed by atoms with Crippen molar-refractivity contribution in [2.24, 2.45) is 0 Å². The van der Waals surface area contributed by atoms with Gasteiger partial charge in [-0.3, -0.25) is 5.32 Å². The van der Waals surface area contributed by atoms with Crippen LogP contribution in [0, 0.1) is 0 Å². The smallest absolute Gasteiger partial charge is 0.299 e. The number of pyridine rings is 1. The number of nitrogens with zero attached hydrogens (tertiary/aromatic N) is 2. The Bertz CT molecular complexity index is 351. The number of hydrogen-bond donors (Lipinski definition) is 2. The molecule has 16 heavy (non-hydrogen) atoms.